The van der Waals surface area contributed by atoms with Gasteiger partial charge in [-0.2, -0.15) is 5.10 Å². The van der Waals surface area contributed by atoms with Crippen molar-refractivity contribution in [2.45, 2.75) is 26.8 Å². The third kappa shape index (κ3) is 2.91. The first-order chi connectivity index (χ1) is 8.31. The Kier molecular flexibility index (Phi) is 3.88. The van der Waals surface area contributed by atoms with Crippen molar-refractivity contribution in [1.82, 2.24) is 20.1 Å². The maximum Gasteiger partial charge on any atom is 0.138 e. The average Bonchev–Trinajstić information content (AvgIpc) is 2.83. The van der Waals surface area contributed by atoms with E-state index in [1.54, 1.807) is 17.3 Å². The fourth-order valence-electron chi connectivity index (χ4n) is 1.83. The topological polar surface area (TPSA) is 42.7 Å². The Morgan fingerprint density at radius 2 is 2.24 bits per heavy atom. The fraction of sp³-hybridized carbons (Fsp3) is 0.385. The van der Waals surface area contributed by atoms with Crippen LogP contribution in [0.2, 0.25) is 0 Å². The second kappa shape index (κ2) is 5.59. The standard InChI is InChI=1S/C13H18N4/c1-3-6-14-8-12-4-5-13(11(2)7-12)17-10-15-9-16-17/h4-5,7,9-10,14H,3,6,8H2,1-2H3. The molecule has 4 heteroatoms. The SMILES string of the molecule is CCCNCc1ccc(-n2cncn2)c(C)c1. The first kappa shape index (κ1) is 11.8. The summed E-state index contributed by atoms with van der Waals surface area (Å²) in [6, 6.07) is 6.42. The first-order valence-corrected chi connectivity index (χ1v) is 5.96. The predicted octanol–water partition coefficient (Wildman–Crippen LogP) is 2.08. The van der Waals surface area contributed by atoms with Gasteiger partial charge >= 0.3 is 0 Å². The molecule has 1 aromatic heterocycles. The molecule has 0 bridgehead atoms. The molecule has 0 fully saturated rings. The number of nitrogens with zero attached hydrogens (tertiary/aromatic N) is 3. The van der Waals surface area contributed by atoms with Crippen molar-refractivity contribution in [1.29, 1.82) is 0 Å². The van der Waals surface area contributed by atoms with Gasteiger partial charge in [0.25, 0.3) is 0 Å². The Balaban J connectivity index is 2.12. The first-order valence-electron chi connectivity index (χ1n) is 5.96. The van der Waals surface area contributed by atoms with E-state index in [0.717, 1.165) is 25.2 Å². The molecule has 1 heterocycles. The highest BCUT2D eigenvalue weighted by Gasteiger charge is 2.02. The molecule has 1 aromatic carbocycles. The van der Waals surface area contributed by atoms with Crippen molar-refractivity contribution in [2.24, 2.45) is 0 Å². The van der Waals surface area contributed by atoms with Gasteiger partial charge in [0, 0.05) is 6.54 Å². The molecule has 2 aromatic rings. The van der Waals surface area contributed by atoms with Crippen LogP contribution in [0.1, 0.15) is 24.5 Å². The van der Waals surface area contributed by atoms with Gasteiger partial charge in [-0.3, -0.25) is 0 Å². The molecule has 0 unspecified atom stereocenters. The van der Waals surface area contributed by atoms with Crippen LogP contribution in [0, 0.1) is 6.92 Å². The second-order valence-electron chi connectivity index (χ2n) is 4.14. The Labute approximate surface area is 102 Å². The number of aryl methyl sites for hydroxylation is 1. The number of rotatable bonds is 5. The van der Waals surface area contributed by atoms with Crippen LogP contribution < -0.4 is 5.32 Å². The van der Waals surface area contributed by atoms with E-state index in [0.29, 0.717) is 0 Å². The number of nitrogens with one attached hydrogen (secondary N) is 1. The molecule has 1 N–H and O–H groups in total. The van der Waals surface area contributed by atoms with Crippen LogP contribution in [0.25, 0.3) is 5.69 Å². The minimum Gasteiger partial charge on any atom is -0.313 e. The zero-order valence-electron chi connectivity index (χ0n) is 10.3. The molecule has 0 saturated heterocycles. The summed E-state index contributed by atoms with van der Waals surface area (Å²) in [5, 5.41) is 7.54. The van der Waals surface area contributed by atoms with Crippen molar-refractivity contribution in [3.8, 4) is 5.69 Å². The van der Waals surface area contributed by atoms with Crippen molar-refractivity contribution < 1.29 is 0 Å². The summed E-state index contributed by atoms with van der Waals surface area (Å²) in [7, 11) is 0. The zero-order chi connectivity index (χ0) is 12.1. The van der Waals surface area contributed by atoms with E-state index >= 15 is 0 Å². The molecular formula is C13H18N4. The van der Waals surface area contributed by atoms with Gasteiger partial charge < -0.3 is 5.32 Å². The lowest BCUT2D eigenvalue weighted by atomic mass is 10.1. The van der Waals surface area contributed by atoms with E-state index in [4.69, 9.17) is 0 Å². The molecule has 4 nitrogen and oxygen atoms in total. The third-order valence-corrected chi connectivity index (χ3v) is 2.68. The van der Waals surface area contributed by atoms with Crippen LogP contribution in [-0.2, 0) is 6.54 Å². The second-order valence-corrected chi connectivity index (χ2v) is 4.14. The summed E-state index contributed by atoms with van der Waals surface area (Å²) in [6.45, 7) is 6.25. The molecule has 2 rings (SSSR count). The van der Waals surface area contributed by atoms with Gasteiger partial charge in [-0.05, 0) is 37.1 Å². The molecule has 0 radical (unpaired) electrons. The van der Waals surface area contributed by atoms with Crippen LogP contribution in [0.5, 0.6) is 0 Å². The van der Waals surface area contributed by atoms with Gasteiger partial charge in [0.1, 0.15) is 12.7 Å². The van der Waals surface area contributed by atoms with Crippen molar-refractivity contribution in [2.75, 3.05) is 6.54 Å². The molecule has 90 valence electrons. The Morgan fingerprint density at radius 3 is 2.88 bits per heavy atom. The molecule has 0 saturated carbocycles. The molecule has 17 heavy (non-hydrogen) atoms. The summed E-state index contributed by atoms with van der Waals surface area (Å²) in [5.41, 5.74) is 3.60. The van der Waals surface area contributed by atoms with Gasteiger partial charge in [-0.15, -0.1) is 0 Å². The van der Waals surface area contributed by atoms with Gasteiger partial charge in [-0.25, -0.2) is 9.67 Å². The largest absolute Gasteiger partial charge is 0.313 e. The number of benzene rings is 1. The number of hydrogen-bond acceptors (Lipinski definition) is 3. The number of hydrogen-bond donors (Lipinski definition) is 1. The van der Waals surface area contributed by atoms with E-state index in [1.807, 2.05) is 0 Å². The minimum absolute atomic E-state index is 0.923. The Hall–Kier alpha value is -1.68. The third-order valence-electron chi connectivity index (χ3n) is 2.68. The maximum atomic E-state index is 4.14. The molecule has 0 spiro atoms. The summed E-state index contributed by atoms with van der Waals surface area (Å²) < 4.78 is 1.79. The molecule has 0 aliphatic heterocycles. The van der Waals surface area contributed by atoms with Gasteiger partial charge in [0.05, 0.1) is 5.69 Å². The summed E-state index contributed by atoms with van der Waals surface area (Å²) in [5.74, 6) is 0. The van der Waals surface area contributed by atoms with E-state index in [9.17, 15) is 0 Å². The van der Waals surface area contributed by atoms with Crippen LogP contribution in [0.15, 0.2) is 30.9 Å². The highest BCUT2D eigenvalue weighted by atomic mass is 15.3. The molecule has 0 atom stereocenters. The number of aromatic nitrogens is 3. The highest BCUT2D eigenvalue weighted by molar-refractivity contribution is 5.41. The quantitative estimate of drug-likeness (QED) is 0.800. The lowest BCUT2D eigenvalue weighted by molar-refractivity contribution is 0.675. The molecule has 0 aliphatic carbocycles. The molecule has 0 aliphatic rings. The van der Waals surface area contributed by atoms with E-state index in [-0.39, 0.29) is 0 Å². The van der Waals surface area contributed by atoms with Crippen molar-refractivity contribution in [3.05, 3.63) is 42.0 Å². The van der Waals surface area contributed by atoms with Crippen LogP contribution in [0.3, 0.4) is 0 Å². The summed E-state index contributed by atoms with van der Waals surface area (Å²) in [4.78, 5) is 3.96. The Morgan fingerprint density at radius 1 is 1.35 bits per heavy atom. The zero-order valence-corrected chi connectivity index (χ0v) is 10.3. The van der Waals surface area contributed by atoms with Gasteiger partial charge in [0.2, 0.25) is 0 Å². The lowest BCUT2D eigenvalue weighted by Gasteiger charge is -2.08. The maximum absolute atomic E-state index is 4.14. The van der Waals surface area contributed by atoms with Crippen molar-refractivity contribution in [3.63, 3.8) is 0 Å². The molecular weight excluding hydrogens is 212 g/mol. The Bertz CT molecular complexity index is 462. The van der Waals surface area contributed by atoms with E-state index in [2.05, 4.69) is 47.4 Å². The van der Waals surface area contributed by atoms with E-state index < -0.39 is 0 Å². The fourth-order valence-corrected chi connectivity index (χ4v) is 1.83. The van der Waals surface area contributed by atoms with E-state index in [1.165, 1.54) is 11.1 Å². The van der Waals surface area contributed by atoms with Crippen molar-refractivity contribution >= 4 is 0 Å². The van der Waals surface area contributed by atoms with Crippen LogP contribution in [0.4, 0.5) is 0 Å². The van der Waals surface area contributed by atoms with Gasteiger partial charge in [-0.1, -0.05) is 19.1 Å². The smallest absolute Gasteiger partial charge is 0.138 e. The average molecular weight is 230 g/mol. The summed E-state index contributed by atoms with van der Waals surface area (Å²) in [6.07, 6.45) is 4.43. The lowest BCUT2D eigenvalue weighted by Crippen LogP contribution is -2.14. The van der Waals surface area contributed by atoms with Crippen LogP contribution in [-0.4, -0.2) is 21.3 Å². The normalized spacial score (nSPS) is 10.7. The van der Waals surface area contributed by atoms with Gasteiger partial charge in [0.15, 0.2) is 0 Å². The summed E-state index contributed by atoms with van der Waals surface area (Å²) >= 11 is 0. The minimum atomic E-state index is 0.923. The highest BCUT2D eigenvalue weighted by Crippen LogP contribution is 2.14. The monoisotopic (exact) mass is 230 g/mol. The predicted molar refractivity (Wildman–Crippen MR) is 68.1 cm³/mol. The molecule has 0 amide bonds. The van der Waals surface area contributed by atoms with Crippen LogP contribution >= 0.6 is 0 Å².